The van der Waals surface area contributed by atoms with Crippen molar-refractivity contribution in [2.45, 2.75) is 73.2 Å². The Morgan fingerprint density at radius 2 is 1.96 bits per heavy atom. The van der Waals surface area contributed by atoms with Crippen LogP contribution in [-0.4, -0.2) is 27.0 Å². The van der Waals surface area contributed by atoms with Gasteiger partial charge in [-0.15, -0.1) is 0 Å². The second kappa shape index (κ2) is 8.30. The first-order valence-corrected chi connectivity index (χ1v) is 12.3. The number of esters is 1. The third kappa shape index (κ3) is 6.40. The second-order valence-electron chi connectivity index (χ2n) is 8.21. The Labute approximate surface area is 148 Å². The van der Waals surface area contributed by atoms with Gasteiger partial charge < -0.3 is 9.16 Å². The van der Waals surface area contributed by atoms with E-state index >= 15 is 0 Å². The third-order valence-electron chi connectivity index (χ3n) is 4.31. The predicted octanol–water partition coefficient (Wildman–Crippen LogP) is 5.41. The molecule has 4 heteroatoms. The van der Waals surface area contributed by atoms with Gasteiger partial charge in [-0.05, 0) is 75.4 Å². The average molecular weight is 351 g/mol. The molecule has 0 aromatic carbocycles. The second-order valence-corrected chi connectivity index (χ2v) is 12.7. The van der Waals surface area contributed by atoms with Crippen LogP contribution in [0.5, 0.6) is 0 Å². The summed E-state index contributed by atoms with van der Waals surface area (Å²) in [6.07, 6.45) is 8.12. The van der Waals surface area contributed by atoms with Crippen LogP contribution in [0.3, 0.4) is 0 Å². The minimum atomic E-state index is -1.57. The first-order chi connectivity index (χ1) is 11.0. The molecule has 1 rings (SSSR count). The topological polar surface area (TPSA) is 35.5 Å². The number of ether oxygens (including phenoxy) is 1. The zero-order chi connectivity index (χ0) is 18.5. The van der Waals surface area contributed by atoms with E-state index in [0.29, 0.717) is 6.61 Å². The van der Waals surface area contributed by atoms with E-state index in [4.69, 9.17) is 9.16 Å². The maximum atomic E-state index is 11.5. The van der Waals surface area contributed by atoms with E-state index in [9.17, 15) is 4.79 Å². The molecule has 0 saturated heterocycles. The summed E-state index contributed by atoms with van der Waals surface area (Å²) in [6, 6.07) is 0. The van der Waals surface area contributed by atoms with Crippen molar-refractivity contribution in [1.82, 2.24) is 0 Å². The first-order valence-electron chi connectivity index (χ1n) is 8.88. The minimum Gasteiger partial charge on any atom is -0.463 e. The van der Waals surface area contributed by atoms with Crippen LogP contribution in [0, 0.1) is 5.41 Å². The van der Waals surface area contributed by atoms with Crippen LogP contribution in [0.1, 0.15) is 47.5 Å². The normalized spacial score (nSPS) is 22.2. The maximum Gasteiger partial charge on any atom is 0.330 e. The molecule has 24 heavy (non-hydrogen) atoms. The SMILES string of the molecule is CCOC(=O)/C=C(C)/C=C/C1=C(C)C(O[Si](C)(C)C)CCC1(C)C. The highest BCUT2D eigenvalue weighted by Gasteiger charge is 2.34. The van der Waals surface area contributed by atoms with E-state index in [1.54, 1.807) is 6.08 Å². The molecule has 0 spiro atoms. The van der Waals surface area contributed by atoms with E-state index in [-0.39, 0.29) is 17.5 Å². The molecule has 136 valence electrons. The summed E-state index contributed by atoms with van der Waals surface area (Å²) in [5.74, 6) is -0.284. The van der Waals surface area contributed by atoms with Gasteiger partial charge in [0.15, 0.2) is 8.32 Å². The smallest absolute Gasteiger partial charge is 0.330 e. The Morgan fingerprint density at radius 1 is 1.33 bits per heavy atom. The van der Waals surface area contributed by atoms with Gasteiger partial charge in [-0.1, -0.05) is 26.0 Å². The molecule has 0 heterocycles. The van der Waals surface area contributed by atoms with Crippen molar-refractivity contribution < 1.29 is 14.0 Å². The van der Waals surface area contributed by atoms with E-state index in [1.807, 2.05) is 19.9 Å². The number of carbonyl (C=O) groups excluding carboxylic acids is 1. The van der Waals surface area contributed by atoms with Crippen LogP contribution in [0.2, 0.25) is 19.6 Å². The van der Waals surface area contributed by atoms with Crippen molar-refractivity contribution in [3.05, 3.63) is 34.9 Å². The van der Waals surface area contributed by atoms with Crippen LogP contribution >= 0.6 is 0 Å². The molecule has 0 saturated carbocycles. The molecule has 1 unspecified atom stereocenters. The highest BCUT2D eigenvalue weighted by molar-refractivity contribution is 6.69. The first kappa shape index (κ1) is 20.9. The van der Waals surface area contributed by atoms with Crippen molar-refractivity contribution >= 4 is 14.3 Å². The largest absolute Gasteiger partial charge is 0.463 e. The van der Waals surface area contributed by atoms with Crippen molar-refractivity contribution in [2.24, 2.45) is 5.41 Å². The lowest BCUT2D eigenvalue weighted by molar-refractivity contribution is -0.137. The van der Waals surface area contributed by atoms with Gasteiger partial charge in [-0.3, -0.25) is 0 Å². The van der Waals surface area contributed by atoms with Crippen molar-refractivity contribution in [2.75, 3.05) is 6.61 Å². The van der Waals surface area contributed by atoms with E-state index in [2.05, 4.69) is 46.5 Å². The number of rotatable bonds is 6. The summed E-state index contributed by atoms with van der Waals surface area (Å²) in [5, 5.41) is 0. The molecule has 0 aliphatic heterocycles. The van der Waals surface area contributed by atoms with Gasteiger partial charge in [0.05, 0.1) is 12.7 Å². The van der Waals surface area contributed by atoms with Gasteiger partial charge in [-0.2, -0.15) is 0 Å². The van der Waals surface area contributed by atoms with Crippen LogP contribution in [0.25, 0.3) is 0 Å². The van der Waals surface area contributed by atoms with Crippen molar-refractivity contribution in [1.29, 1.82) is 0 Å². The number of carbonyl (C=O) groups is 1. The molecule has 0 bridgehead atoms. The van der Waals surface area contributed by atoms with Crippen molar-refractivity contribution in [3.8, 4) is 0 Å². The van der Waals surface area contributed by atoms with Crippen LogP contribution < -0.4 is 0 Å². The third-order valence-corrected chi connectivity index (χ3v) is 5.30. The fourth-order valence-corrected chi connectivity index (χ4v) is 4.26. The van der Waals surface area contributed by atoms with Crippen molar-refractivity contribution in [3.63, 3.8) is 0 Å². The lowest BCUT2D eigenvalue weighted by Gasteiger charge is -2.39. The average Bonchev–Trinajstić information content (AvgIpc) is 2.40. The number of allylic oxidation sites excluding steroid dienone is 4. The quantitative estimate of drug-likeness (QED) is 0.278. The number of hydrogen-bond acceptors (Lipinski definition) is 3. The Morgan fingerprint density at radius 3 is 2.50 bits per heavy atom. The Kier molecular flexibility index (Phi) is 7.23. The summed E-state index contributed by atoms with van der Waals surface area (Å²) in [4.78, 5) is 11.5. The number of hydrogen-bond donors (Lipinski definition) is 0. The molecule has 1 aliphatic rings. The lowest BCUT2D eigenvalue weighted by Crippen LogP contribution is -2.37. The molecule has 1 atom stereocenters. The molecule has 3 nitrogen and oxygen atoms in total. The van der Waals surface area contributed by atoms with E-state index < -0.39 is 8.32 Å². The van der Waals surface area contributed by atoms with Gasteiger partial charge in [0.1, 0.15) is 0 Å². The summed E-state index contributed by atoms with van der Waals surface area (Å²) < 4.78 is 11.3. The Hall–Kier alpha value is -1.13. The molecule has 0 fully saturated rings. The van der Waals surface area contributed by atoms with Crippen LogP contribution in [0.15, 0.2) is 34.9 Å². The van der Waals surface area contributed by atoms with Gasteiger partial charge in [0, 0.05) is 6.08 Å². The zero-order valence-corrected chi connectivity index (χ0v) is 17.7. The fraction of sp³-hybridized carbons (Fsp3) is 0.650. The maximum absolute atomic E-state index is 11.5. The summed E-state index contributed by atoms with van der Waals surface area (Å²) >= 11 is 0. The molecular weight excluding hydrogens is 316 g/mol. The molecule has 1 aliphatic carbocycles. The van der Waals surface area contributed by atoms with Gasteiger partial charge in [0.2, 0.25) is 0 Å². The zero-order valence-electron chi connectivity index (χ0n) is 16.7. The molecule has 0 amide bonds. The monoisotopic (exact) mass is 350 g/mol. The summed E-state index contributed by atoms with van der Waals surface area (Å²) in [5.41, 5.74) is 3.68. The molecule has 0 radical (unpaired) electrons. The Bertz CT molecular complexity index is 548. The molecular formula is C20H34O3Si. The summed E-state index contributed by atoms with van der Waals surface area (Å²) in [6.45, 7) is 17.6. The van der Waals surface area contributed by atoms with E-state index in [1.165, 1.54) is 11.1 Å². The minimum absolute atomic E-state index is 0.129. The standard InChI is InChI=1S/C20H34O3Si/c1-9-22-19(21)14-15(2)10-11-17-16(3)18(23-24(6,7)8)12-13-20(17,4)5/h10-11,14,18H,9,12-13H2,1-8H3/b11-10+,15-14+. The van der Waals surface area contributed by atoms with Gasteiger partial charge >= 0.3 is 5.97 Å². The van der Waals surface area contributed by atoms with E-state index in [0.717, 1.165) is 18.4 Å². The predicted molar refractivity (Wildman–Crippen MR) is 103 cm³/mol. The van der Waals surface area contributed by atoms with Crippen LogP contribution in [0.4, 0.5) is 0 Å². The van der Waals surface area contributed by atoms with Gasteiger partial charge in [0.25, 0.3) is 0 Å². The summed E-state index contributed by atoms with van der Waals surface area (Å²) in [7, 11) is -1.57. The Balaban J connectivity index is 3.04. The highest BCUT2D eigenvalue weighted by atomic mass is 28.4. The molecule has 0 aromatic rings. The lowest BCUT2D eigenvalue weighted by atomic mass is 9.71. The molecule has 0 N–H and O–H groups in total. The fourth-order valence-electron chi connectivity index (χ4n) is 3.11. The van der Waals surface area contributed by atoms with Gasteiger partial charge in [-0.25, -0.2) is 4.79 Å². The molecule has 0 aromatic heterocycles. The highest BCUT2D eigenvalue weighted by Crippen LogP contribution is 2.42. The van der Waals surface area contributed by atoms with Crippen LogP contribution in [-0.2, 0) is 14.0 Å².